The summed E-state index contributed by atoms with van der Waals surface area (Å²) < 4.78 is 19.1. The summed E-state index contributed by atoms with van der Waals surface area (Å²) in [4.78, 5) is 4.66. The number of anilines is 1. The van der Waals surface area contributed by atoms with E-state index in [0.717, 1.165) is 43.2 Å². The van der Waals surface area contributed by atoms with Crippen molar-refractivity contribution >= 4 is 5.69 Å². The summed E-state index contributed by atoms with van der Waals surface area (Å²) in [7, 11) is 2.14. The zero-order chi connectivity index (χ0) is 16.2. The molecule has 0 spiro atoms. The molecule has 1 saturated heterocycles. The number of hydrogen-bond acceptors (Lipinski definition) is 4. The summed E-state index contributed by atoms with van der Waals surface area (Å²) in [6.07, 6.45) is 1.67. The van der Waals surface area contributed by atoms with E-state index < -0.39 is 0 Å². The van der Waals surface area contributed by atoms with Crippen LogP contribution in [-0.2, 0) is 6.54 Å². The zero-order valence-corrected chi connectivity index (χ0v) is 13.8. The molecule has 2 aromatic rings. The third kappa shape index (κ3) is 3.92. The quantitative estimate of drug-likeness (QED) is 0.918. The van der Waals surface area contributed by atoms with Crippen LogP contribution in [0.3, 0.4) is 0 Å². The van der Waals surface area contributed by atoms with E-state index in [1.165, 1.54) is 0 Å². The third-order valence-corrected chi connectivity index (χ3v) is 4.46. The molecule has 0 radical (unpaired) electrons. The van der Waals surface area contributed by atoms with Crippen molar-refractivity contribution in [2.75, 3.05) is 38.1 Å². The predicted octanol–water partition coefficient (Wildman–Crippen LogP) is 3.02. The fourth-order valence-corrected chi connectivity index (χ4v) is 2.98. The summed E-state index contributed by atoms with van der Waals surface area (Å²) in [5, 5.41) is 3.42. The van der Waals surface area contributed by atoms with Gasteiger partial charge in [-0.05, 0) is 49.9 Å². The zero-order valence-electron chi connectivity index (χ0n) is 13.8. The first-order chi connectivity index (χ1) is 11.1. The molecule has 0 unspecified atom stereocenters. The number of furan rings is 1. The van der Waals surface area contributed by atoms with Gasteiger partial charge in [0.05, 0.1) is 12.8 Å². The summed E-state index contributed by atoms with van der Waals surface area (Å²) in [5.41, 5.74) is 2.13. The van der Waals surface area contributed by atoms with Gasteiger partial charge in [-0.15, -0.1) is 0 Å². The van der Waals surface area contributed by atoms with Crippen molar-refractivity contribution in [3.05, 3.63) is 53.7 Å². The molecule has 0 aliphatic carbocycles. The maximum atomic E-state index is 13.8. The molecule has 124 valence electrons. The van der Waals surface area contributed by atoms with Crippen molar-refractivity contribution in [1.29, 1.82) is 0 Å². The highest BCUT2D eigenvalue weighted by Gasteiger charge is 2.20. The standard InChI is InChI=1S/C18H24FN3O/c1-14(20-13-16-4-3-11-23-16)17-12-15(19)5-6-18(17)22-9-7-21(2)8-10-22/h3-6,11-12,14,20H,7-10,13H2,1-2H3/t14-/m0/s1. The number of nitrogens with zero attached hydrogens (tertiary/aromatic N) is 2. The number of hydrogen-bond donors (Lipinski definition) is 1. The van der Waals surface area contributed by atoms with E-state index in [4.69, 9.17) is 4.42 Å². The second-order valence-corrected chi connectivity index (χ2v) is 6.18. The SMILES string of the molecule is C[C@H](NCc1ccco1)c1cc(F)ccc1N1CCN(C)CC1. The molecule has 3 rings (SSSR count). The first kappa shape index (κ1) is 16.0. The predicted molar refractivity (Wildman–Crippen MR) is 90.1 cm³/mol. The van der Waals surface area contributed by atoms with Gasteiger partial charge in [0.1, 0.15) is 11.6 Å². The van der Waals surface area contributed by atoms with Crippen molar-refractivity contribution in [3.63, 3.8) is 0 Å². The molecular weight excluding hydrogens is 293 g/mol. The number of nitrogens with one attached hydrogen (secondary N) is 1. The lowest BCUT2D eigenvalue weighted by Gasteiger charge is -2.36. The van der Waals surface area contributed by atoms with Gasteiger partial charge in [0.25, 0.3) is 0 Å². The van der Waals surface area contributed by atoms with Crippen molar-refractivity contribution in [2.45, 2.75) is 19.5 Å². The van der Waals surface area contributed by atoms with Gasteiger partial charge in [-0.25, -0.2) is 4.39 Å². The van der Waals surface area contributed by atoms with Gasteiger partial charge in [-0.3, -0.25) is 0 Å². The molecule has 1 aliphatic heterocycles. The summed E-state index contributed by atoms with van der Waals surface area (Å²) in [5.74, 6) is 0.693. The Kier molecular flexibility index (Phi) is 4.98. The molecule has 2 heterocycles. The van der Waals surface area contributed by atoms with E-state index in [-0.39, 0.29) is 11.9 Å². The van der Waals surface area contributed by atoms with E-state index >= 15 is 0 Å². The third-order valence-electron chi connectivity index (χ3n) is 4.46. The van der Waals surface area contributed by atoms with Crippen LogP contribution in [0.15, 0.2) is 41.0 Å². The average Bonchev–Trinajstić information content (AvgIpc) is 3.07. The van der Waals surface area contributed by atoms with Crippen molar-refractivity contribution in [2.24, 2.45) is 0 Å². The summed E-state index contributed by atoms with van der Waals surface area (Å²) in [6, 6.07) is 8.96. The van der Waals surface area contributed by atoms with Crippen LogP contribution in [0.5, 0.6) is 0 Å². The lowest BCUT2D eigenvalue weighted by Crippen LogP contribution is -2.45. The fraction of sp³-hybridized carbons (Fsp3) is 0.444. The number of benzene rings is 1. The lowest BCUT2D eigenvalue weighted by molar-refractivity contribution is 0.312. The monoisotopic (exact) mass is 317 g/mol. The van der Waals surface area contributed by atoms with Crippen LogP contribution >= 0.6 is 0 Å². The van der Waals surface area contributed by atoms with Crippen molar-refractivity contribution < 1.29 is 8.81 Å². The number of rotatable bonds is 5. The van der Waals surface area contributed by atoms with E-state index in [2.05, 4.69) is 29.1 Å². The Morgan fingerprint density at radius 2 is 2.00 bits per heavy atom. The molecule has 4 nitrogen and oxygen atoms in total. The van der Waals surface area contributed by atoms with Gasteiger partial charge in [0.15, 0.2) is 0 Å². The van der Waals surface area contributed by atoms with E-state index in [1.54, 1.807) is 18.4 Å². The Morgan fingerprint density at radius 3 is 2.70 bits per heavy atom. The van der Waals surface area contributed by atoms with Gasteiger partial charge in [0.2, 0.25) is 0 Å². The van der Waals surface area contributed by atoms with Crippen LogP contribution in [0, 0.1) is 5.82 Å². The Hall–Kier alpha value is -1.85. The topological polar surface area (TPSA) is 31.7 Å². The molecule has 5 heteroatoms. The van der Waals surface area contributed by atoms with Crippen molar-refractivity contribution in [3.8, 4) is 0 Å². The molecule has 23 heavy (non-hydrogen) atoms. The minimum Gasteiger partial charge on any atom is -0.468 e. The molecule has 0 amide bonds. The van der Waals surface area contributed by atoms with Gasteiger partial charge < -0.3 is 19.5 Å². The normalized spacial score (nSPS) is 17.4. The molecule has 1 atom stereocenters. The Balaban J connectivity index is 1.75. The second-order valence-electron chi connectivity index (χ2n) is 6.18. The summed E-state index contributed by atoms with van der Waals surface area (Å²) >= 11 is 0. The lowest BCUT2D eigenvalue weighted by atomic mass is 10.0. The largest absolute Gasteiger partial charge is 0.468 e. The van der Waals surface area contributed by atoms with Crippen molar-refractivity contribution in [1.82, 2.24) is 10.2 Å². The molecule has 1 aromatic carbocycles. The first-order valence-corrected chi connectivity index (χ1v) is 8.12. The van der Waals surface area contributed by atoms with Gasteiger partial charge in [0, 0.05) is 37.9 Å². The molecule has 1 fully saturated rings. The van der Waals surface area contributed by atoms with Crippen LogP contribution in [0.2, 0.25) is 0 Å². The summed E-state index contributed by atoms with van der Waals surface area (Å²) in [6.45, 7) is 6.71. The van der Waals surface area contributed by atoms with E-state index in [9.17, 15) is 4.39 Å². The highest BCUT2D eigenvalue weighted by Crippen LogP contribution is 2.28. The smallest absolute Gasteiger partial charge is 0.123 e. The van der Waals surface area contributed by atoms with Gasteiger partial charge in [-0.1, -0.05) is 0 Å². The van der Waals surface area contributed by atoms with Crippen LogP contribution in [0.25, 0.3) is 0 Å². The Labute approximate surface area is 136 Å². The molecule has 1 N–H and O–H groups in total. The van der Waals surface area contributed by atoms with E-state index in [0.29, 0.717) is 6.54 Å². The maximum absolute atomic E-state index is 13.8. The van der Waals surface area contributed by atoms with Crippen LogP contribution in [-0.4, -0.2) is 38.1 Å². The second kappa shape index (κ2) is 7.15. The minimum atomic E-state index is -0.190. The van der Waals surface area contributed by atoms with Crippen LogP contribution in [0.4, 0.5) is 10.1 Å². The van der Waals surface area contributed by atoms with Crippen LogP contribution < -0.4 is 10.2 Å². The number of likely N-dealkylation sites (N-methyl/N-ethyl adjacent to an activating group) is 1. The molecule has 1 aliphatic rings. The maximum Gasteiger partial charge on any atom is 0.123 e. The molecular formula is C18H24FN3O. The highest BCUT2D eigenvalue weighted by atomic mass is 19.1. The Morgan fingerprint density at radius 1 is 1.22 bits per heavy atom. The molecule has 0 bridgehead atoms. The van der Waals surface area contributed by atoms with Gasteiger partial charge >= 0.3 is 0 Å². The Bertz CT molecular complexity index is 621. The molecule has 1 aromatic heterocycles. The highest BCUT2D eigenvalue weighted by molar-refractivity contribution is 5.55. The minimum absolute atomic E-state index is 0.0467. The number of halogens is 1. The average molecular weight is 317 g/mol. The molecule has 0 saturated carbocycles. The fourth-order valence-electron chi connectivity index (χ4n) is 2.98. The van der Waals surface area contributed by atoms with E-state index in [1.807, 2.05) is 18.2 Å². The van der Waals surface area contributed by atoms with Crippen LogP contribution in [0.1, 0.15) is 24.3 Å². The van der Waals surface area contributed by atoms with Gasteiger partial charge in [-0.2, -0.15) is 0 Å². The first-order valence-electron chi connectivity index (χ1n) is 8.12. The number of piperazine rings is 1.